The van der Waals surface area contributed by atoms with Crippen LogP contribution >= 0.6 is 0 Å². The van der Waals surface area contributed by atoms with Crippen molar-refractivity contribution in [2.75, 3.05) is 7.11 Å². The van der Waals surface area contributed by atoms with Crippen LogP contribution in [0.4, 0.5) is 0 Å². The maximum atomic E-state index is 5.27. The molecule has 0 spiro atoms. The van der Waals surface area contributed by atoms with E-state index in [1.165, 1.54) is 0 Å². The van der Waals surface area contributed by atoms with E-state index in [2.05, 4.69) is 11.1 Å². The summed E-state index contributed by atoms with van der Waals surface area (Å²) in [5.41, 5.74) is 2.21. The minimum Gasteiger partial charge on any atom is -0.494 e. The monoisotopic (exact) mass is 161 g/mol. The van der Waals surface area contributed by atoms with Gasteiger partial charge in [0.1, 0.15) is 5.75 Å². The Morgan fingerprint density at radius 2 is 2.00 bits per heavy atom. The second-order valence-electron chi connectivity index (χ2n) is 2.83. The molecular formula is C10H11NO. The van der Waals surface area contributed by atoms with Crippen LogP contribution in [0, 0.1) is 6.92 Å². The van der Waals surface area contributed by atoms with Crippen LogP contribution in [0.1, 0.15) is 5.69 Å². The normalized spacial score (nSPS) is 10.5. The smallest absolute Gasteiger partial charge is 0.147 e. The van der Waals surface area contributed by atoms with E-state index in [0.29, 0.717) is 0 Å². The van der Waals surface area contributed by atoms with Crippen LogP contribution in [0.25, 0.3) is 10.9 Å². The van der Waals surface area contributed by atoms with Gasteiger partial charge in [-0.05, 0) is 19.1 Å². The fourth-order valence-electron chi connectivity index (χ4n) is 1.51. The van der Waals surface area contributed by atoms with Gasteiger partial charge in [0.2, 0.25) is 0 Å². The summed E-state index contributed by atoms with van der Waals surface area (Å²) in [5.74, 6) is 0.950. The third-order valence-electron chi connectivity index (χ3n) is 2.04. The topological polar surface area (TPSA) is 25.0 Å². The molecule has 2 rings (SSSR count). The molecular weight excluding hydrogens is 150 g/mol. The van der Waals surface area contributed by atoms with Crippen LogP contribution < -0.4 is 4.74 Å². The van der Waals surface area contributed by atoms with E-state index in [1.807, 2.05) is 25.1 Å². The molecule has 0 saturated carbocycles. The number of H-pyrrole nitrogens is 1. The lowest BCUT2D eigenvalue weighted by Gasteiger charge is -1.96. The molecule has 1 aromatic carbocycles. The summed E-state index contributed by atoms with van der Waals surface area (Å²) in [6.07, 6.45) is 0. The Labute approximate surface area is 71.2 Å². The average molecular weight is 161 g/mol. The van der Waals surface area contributed by atoms with Crippen molar-refractivity contribution < 1.29 is 4.74 Å². The summed E-state index contributed by atoms with van der Waals surface area (Å²) in [6, 6.07) is 8.12. The van der Waals surface area contributed by atoms with Crippen molar-refractivity contribution in [1.82, 2.24) is 4.98 Å². The predicted molar refractivity (Wildman–Crippen MR) is 49.6 cm³/mol. The minimum absolute atomic E-state index is 0.950. The fourth-order valence-corrected chi connectivity index (χ4v) is 1.51. The van der Waals surface area contributed by atoms with Crippen molar-refractivity contribution in [2.24, 2.45) is 0 Å². The number of hydrogen-bond donors (Lipinski definition) is 1. The lowest BCUT2D eigenvalue weighted by atomic mass is 10.2. The number of methoxy groups -OCH3 is 1. The number of aryl methyl sites for hydroxylation is 1. The average Bonchev–Trinajstić information content (AvgIpc) is 2.40. The van der Waals surface area contributed by atoms with Gasteiger partial charge in [0, 0.05) is 10.9 Å². The zero-order chi connectivity index (χ0) is 8.55. The molecule has 62 valence electrons. The van der Waals surface area contributed by atoms with Crippen LogP contribution in [-0.2, 0) is 0 Å². The molecule has 0 fully saturated rings. The number of aromatic amines is 1. The first-order chi connectivity index (χ1) is 5.83. The van der Waals surface area contributed by atoms with E-state index in [9.17, 15) is 0 Å². The maximum absolute atomic E-state index is 5.27. The lowest BCUT2D eigenvalue weighted by Crippen LogP contribution is -1.82. The second kappa shape index (κ2) is 2.55. The Balaban J connectivity index is 2.81. The van der Waals surface area contributed by atoms with Crippen molar-refractivity contribution >= 4 is 10.9 Å². The summed E-state index contributed by atoms with van der Waals surface area (Å²) in [4.78, 5) is 3.25. The fraction of sp³-hybridized carbons (Fsp3) is 0.200. The Morgan fingerprint density at radius 3 is 2.75 bits per heavy atom. The van der Waals surface area contributed by atoms with Gasteiger partial charge >= 0.3 is 0 Å². The van der Waals surface area contributed by atoms with E-state index < -0.39 is 0 Å². The number of aromatic nitrogens is 1. The Morgan fingerprint density at radius 1 is 1.25 bits per heavy atom. The highest BCUT2D eigenvalue weighted by atomic mass is 16.5. The number of hydrogen-bond acceptors (Lipinski definition) is 1. The van der Waals surface area contributed by atoms with Crippen molar-refractivity contribution in [2.45, 2.75) is 6.92 Å². The second-order valence-corrected chi connectivity index (χ2v) is 2.83. The van der Waals surface area contributed by atoms with E-state index in [1.54, 1.807) is 7.11 Å². The van der Waals surface area contributed by atoms with E-state index in [-0.39, 0.29) is 0 Å². The molecule has 1 N–H and O–H groups in total. The van der Waals surface area contributed by atoms with Crippen molar-refractivity contribution in [3.8, 4) is 5.75 Å². The standard InChI is InChI=1S/C10H11NO/c1-7-10(12-2)8-5-3-4-6-9(8)11-7/h3-6,11H,1-2H3. The third kappa shape index (κ3) is 0.881. The van der Waals surface area contributed by atoms with Crippen LogP contribution in [0.15, 0.2) is 24.3 Å². The van der Waals surface area contributed by atoms with Crippen molar-refractivity contribution in [1.29, 1.82) is 0 Å². The number of benzene rings is 1. The molecule has 1 aromatic heterocycles. The highest BCUT2D eigenvalue weighted by molar-refractivity contribution is 5.87. The summed E-state index contributed by atoms with van der Waals surface area (Å²) < 4.78 is 5.27. The molecule has 2 heteroatoms. The van der Waals surface area contributed by atoms with Crippen molar-refractivity contribution in [3.63, 3.8) is 0 Å². The molecule has 0 amide bonds. The highest BCUT2D eigenvalue weighted by Crippen LogP contribution is 2.28. The summed E-state index contributed by atoms with van der Waals surface area (Å²) in [7, 11) is 1.70. The number of para-hydroxylation sites is 1. The van der Waals surface area contributed by atoms with Gasteiger partial charge in [-0.1, -0.05) is 12.1 Å². The summed E-state index contributed by atoms with van der Waals surface area (Å²) in [6.45, 7) is 2.01. The largest absolute Gasteiger partial charge is 0.494 e. The predicted octanol–water partition coefficient (Wildman–Crippen LogP) is 2.48. The van der Waals surface area contributed by atoms with E-state index in [0.717, 1.165) is 22.3 Å². The zero-order valence-electron chi connectivity index (χ0n) is 7.22. The minimum atomic E-state index is 0.950. The van der Waals surface area contributed by atoms with Crippen LogP contribution in [0.3, 0.4) is 0 Å². The Hall–Kier alpha value is -1.44. The molecule has 0 saturated heterocycles. The molecule has 0 aliphatic heterocycles. The number of rotatable bonds is 1. The molecule has 2 nitrogen and oxygen atoms in total. The molecule has 0 bridgehead atoms. The molecule has 0 aliphatic carbocycles. The van der Waals surface area contributed by atoms with Crippen LogP contribution in [0.5, 0.6) is 5.75 Å². The Bertz CT molecular complexity index is 403. The zero-order valence-corrected chi connectivity index (χ0v) is 7.22. The van der Waals surface area contributed by atoms with Gasteiger partial charge in [0.05, 0.1) is 12.8 Å². The number of nitrogens with one attached hydrogen (secondary N) is 1. The maximum Gasteiger partial charge on any atom is 0.147 e. The van der Waals surface area contributed by atoms with Gasteiger partial charge < -0.3 is 9.72 Å². The van der Waals surface area contributed by atoms with E-state index >= 15 is 0 Å². The first kappa shape index (κ1) is 7.22. The molecule has 2 aromatic rings. The van der Waals surface area contributed by atoms with Crippen molar-refractivity contribution in [3.05, 3.63) is 30.0 Å². The van der Waals surface area contributed by atoms with Gasteiger partial charge in [-0.15, -0.1) is 0 Å². The first-order valence-corrected chi connectivity index (χ1v) is 3.94. The molecule has 0 unspecified atom stereocenters. The van der Waals surface area contributed by atoms with E-state index in [4.69, 9.17) is 4.74 Å². The number of ether oxygens (including phenoxy) is 1. The molecule has 0 aliphatic rings. The highest BCUT2D eigenvalue weighted by Gasteiger charge is 2.05. The number of fused-ring (bicyclic) bond motifs is 1. The van der Waals surface area contributed by atoms with Gasteiger partial charge in [-0.25, -0.2) is 0 Å². The van der Waals surface area contributed by atoms with Crippen LogP contribution in [-0.4, -0.2) is 12.1 Å². The van der Waals surface area contributed by atoms with Gasteiger partial charge in [-0.2, -0.15) is 0 Å². The van der Waals surface area contributed by atoms with Gasteiger partial charge in [0.15, 0.2) is 0 Å². The Kier molecular flexibility index (Phi) is 1.54. The molecule has 12 heavy (non-hydrogen) atoms. The van der Waals surface area contributed by atoms with Crippen LogP contribution in [0.2, 0.25) is 0 Å². The lowest BCUT2D eigenvalue weighted by molar-refractivity contribution is 0.416. The third-order valence-corrected chi connectivity index (χ3v) is 2.04. The summed E-state index contributed by atoms with van der Waals surface area (Å²) in [5, 5.41) is 1.15. The molecule has 0 radical (unpaired) electrons. The summed E-state index contributed by atoms with van der Waals surface area (Å²) >= 11 is 0. The van der Waals surface area contributed by atoms with Gasteiger partial charge in [-0.3, -0.25) is 0 Å². The quantitative estimate of drug-likeness (QED) is 0.682. The molecule has 1 heterocycles. The molecule has 0 atom stereocenters. The van der Waals surface area contributed by atoms with Gasteiger partial charge in [0.25, 0.3) is 0 Å². The SMILES string of the molecule is COc1c(C)[nH]c2ccccc12. The first-order valence-electron chi connectivity index (χ1n) is 3.94.